The Hall–Kier alpha value is -1.70. The highest BCUT2D eigenvalue weighted by Crippen LogP contribution is 2.25. The summed E-state index contributed by atoms with van der Waals surface area (Å²) in [5, 5.41) is 3.86. The number of benzene rings is 1. The van der Waals surface area contributed by atoms with Crippen molar-refractivity contribution >= 4 is 10.0 Å². The van der Waals surface area contributed by atoms with Crippen LogP contribution < -0.4 is 4.72 Å². The second-order valence-corrected chi connectivity index (χ2v) is 7.99. The summed E-state index contributed by atoms with van der Waals surface area (Å²) in [4.78, 5) is 2.57. The van der Waals surface area contributed by atoms with E-state index >= 15 is 0 Å². The lowest BCUT2D eigenvalue weighted by Crippen LogP contribution is -2.33. The minimum absolute atomic E-state index is 0.287. The molecule has 0 saturated carbocycles. The van der Waals surface area contributed by atoms with Gasteiger partial charge in [0.05, 0.1) is 10.6 Å². The number of hydrogen-bond donors (Lipinski definition) is 1. The average molecular weight is 349 g/mol. The molecule has 0 amide bonds. The minimum atomic E-state index is -3.55. The number of hydrogen-bond acceptors (Lipinski definition) is 5. The molecule has 0 unspecified atom stereocenters. The van der Waals surface area contributed by atoms with Crippen molar-refractivity contribution in [3.05, 3.63) is 35.5 Å². The summed E-state index contributed by atoms with van der Waals surface area (Å²) in [5.41, 5.74) is 2.18. The van der Waals surface area contributed by atoms with Gasteiger partial charge in [-0.2, -0.15) is 0 Å². The first-order valence-electron chi connectivity index (χ1n) is 8.22. The zero-order valence-electron chi connectivity index (χ0n) is 14.1. The number of likely N-dealkylation sites (tertiary alicyclic amines) is 1. The van der Waals surface area contributed by atoms with Crippen molar-refractivity contribution in [3.63, 3.8) is 0 Å². The summed E-state index contributed by atoms with van der Waals surface area (Å²) in [6.45, 7) is 6.91. The van der Waals surface area contributed by atoms with Crippen LogP contribution in [0.4, 0.5) is 0 Å². The normalized spacial score (nSPS) is 15.9. The van der Waals surface area contributed by atoms with Crippen LogP contribution in [0.3, 0.4) is 0 Å². The van der Waals surface area contributed by atoms with Gasteiger partial charge < -0.3 is 9.42 Å². The number of sulfonamides is 1. The Balaban J connectivity index is 1.76. The van der Waals surface area contributed by atoms with Gasteiger partial charge in [0, 0.05) is 24.7 Å². The molecule has 0 spiro atoms. The standard InChI is InChI=1S/C17H23N3O3S/c1-13-5-6-15(16-11-14(2)19-23-16)12-17(13)24(21,22)18-7-10-20-8-3-4-9-20/h5-6,11-12,18H,3-4,7-10H2,1-2H3. The van der Waals surface area contributed by atoms with E-state index in [1.54, 1.807) is 25.1 Å². The molecular formula is C17H23N3O3S. The first-order valence-corrected chi connectivity index (χ1v) is 9.70. The van der Waals surface area contributed by atoms with Gasteiger partial charge in [-0.3, -0.25) is 0 Å². The first-order chi connectivity index (χ1) is 11.5. The van der Waals surface area contributed by atoms with Crippen LogP contribution in [0.1, 0.15) is 24.1 Å². The van der Waals surface area contributed by atoms with Gasteiger partial charge in [-0.15, -0.1) is 0 Å². The van der Waals surface area contributed by atoms with Crippen LogP contribution in [0.15, 0.2) is 33.7 Å². The summed E-state index contributed by atoms with van der Waals surface area (Å²) in [5.74, 6) is 0.570. The molecule has 1 aliphatic rings. The summed E-state index contributed by atoms with van der Waals surface area (Å²) in [6.07, 6.45) is 2.40. The van der Waals surface area contributed by atoms with Gasteiger partial charge in [-0.25, -0.2) is 13.1 Å². The van der Waals surface area contributed by atoms with Crippen LogP contribution in [0.25, 0.3) is 11.3 Å². The van der Waals surface area contributed by atoms with E-state index in [2.05, 4.69) is 14.8 Å². The van der Waals surface area contributed by atoms with Gasteiger partial charge in [-0.05, 0) is 51.4 Å². The maximum Gasteiger partial charge on any atom is 0.240 e. The van der Waals surface area contributed by atoms with Crippen LogP contribution in [0, 0.1) is 13.8 Å². The molecule has 24 heavy (non-hydrogen) atoms. The smallest absolute Gasteiger partial charge is 0.240 e. The van der Waals surface area contributed by atoms with Crippen LogP contribution in [0.2, 0.25) is 0 Å². The monoisotopic (exact) mass is 349 g/mol. The highest BCUT2D eigenvalue weighted by Gasteiger charge is 2.19. The largest absolute Gasteiger partial charge is 0.356 e. The van der Waals surface area contributed by atoms with Gasteiger partial charge in [0.15, 0.2) is 5.76 Å². The number of rotatable bonds is 6. The molecule has 1 aromatic heterocycles. The lowest BCUT2D eigenvalue weighted by atomic mass is 10.1. The van der Waals surface area contributed by atoms with Crippen LogP contribution >= 0.6 is 0 Å². The van der Waals surface area contributed by atoms with E-state index in [0.717, 1.165) is 25.3 Å². The van der Waals surface area contributed by atoms with Crippen LogP contribution in [-0.2, 0) is 10.0 Å². The van der Waals surface area contributed by atoms with E-state index in [-0.39, 0.29) is 4.90 Å². The fourth-order valence-electron chi connectivity index (χ4n) is 2.96. The van der Waals surface area contributed by atoms with E-state index in [1.807, 2.05) is 13.0 Å². The fourth-order valence-corrected chi connectivity index (χ4v) is 4.25. The molecule has 3 rings (SSSR count). The third-order valence-corrected chi connectivity index (χ3v) is 5.91. The molecule has 2 heterocycles. The SMILES string of the molecule is Cc1cc(-c2ccc(C)c(S(=O)(=O)NCCN3CCCC3)c2)on1. The van der Waals surface area contributed by atoms with Gasteiger partial charge in [-0.1, -0.05) is 17.3 Å². The molecule has 7 heteroatoms. The van der Waals surface area contributed by atoms with Crippen molar-refractivity contribution in [1.29, 1.82) is 0 Å². The molecule has 0 atom stereocenters. The summed E-state index contributed by atoms with van der Waals surface area (Å²) in [6, 6.07) is 7.08. The number of aromatic nitrogens is 1. The molecule has 2 aromatic rings. The molecule has 1 N–H and O–H groups in total. The quantitative estimate of drug-likeness (QED) is 0.866. The highest BCUT2D eigenvalue weighted by molar-refractivity contribution is 7.89. The Morgan fingerprint density at radius 3 is 2.62 bits per heavy atom. The average Bonchev–Trinajstić information content (AvgIpc) is 3.19. The molecule has 1 aromatic carbocycles. The zero-order valence-corrected chi connectivity index (χ0v) is 14.9. The van der Waals surface area contributed by atoms with Gasteiger partial charge >= 0.3 is 0 Å². The molecule has 0 aliphatic carbocycles. The zero-order chi connectivity index (χ0) is 17.2. The fraction of sp³-hybridized carbons (Fsp3) is 0.471. The van der Waals surface area contributed by atoms with Crippen molar-refractivity contribution in [2.75, 3.05) is 26.2 Å². The molecule has 0 bridgehead atoms. The van der Waals surface area contributed by atoms with Crippen molar-refractivity contribution in [3.8, 4) is 11.3 Å². The van der Waals surface area contributed by atoms with E-state index in [9.17, 15) is 8.42 Å². The Morgan fingerprint density at radius 1 is 1.21 bits per heavy atom. The maximum atomic E-state index is 12.6. The second-order valence-electron chi connectivity index (χ2n) is 6.26. The molecule has 1 aliphatic heterocycles. The van der Waals surface area contributed by atoms with Crippen molar-refractivity contribution in [2.24, 2.45) is 0 Å². The van der Waals surface area contributed by atoms with Gasteiger partial charge in [0.25, 0.3) is 0 Å². The van der Waals surface area contributed by atoms with Crippen molar-refractivity contribution < 1.29 is 12.9 Å². The first kappa shape index (κ1) is 17.1. The third kappa shape index (κ3) is 3.85. The van der Waals surface area contributed by atoms with Crippen LogP contribution in [-0.4, -0.2) is 44.7 Å². The van der Waals surface area contributed by atoms with E-state index in [4.69, 9.17) is 4.52 Å². The van der Waals surface area contributed by atoms with E-state index in [0.29, 0.717) is 23.4 Å². The summed E-state index contributed by atoms with van der Waals surface area (Å²) >= 11 is 0. The Bertz CT molecular complexity index is 808. The second kappa shape index (κ2) is 7.04. The summed E-state index contributed by atoms with van der Waals surface area (Å²) < 4.78 is 33.2. The Morgan fingerprint density at radius 2 is 1.96 bits per heavy atom. The molecule has 130 valence electrons. The topological polar surface area (TPSA) is 75.4 Å². The highest BCUT2D eigenvalue weighted by atomic mass is 32.2. The number of nitrogens with zero attached hydrogens (tertiary/aromatic N) is 2. The lowest BCUT2D eigenvalue weighted by Gasteiger charge is -2.15. The van der Waals surface area contributed by atoms with Gasteiger partial charge in [0.1, 0.15) is 0 Å². The molecule has 1 fully saturated rings. The molecular weight excluding hydrogens is 326 g/mol. The Labute approximate surface area is 142 Å². The van der Waals surface area contributed by atoms with Crippen molar-refractivity contribution in [2.45, 2.75) is 31.6 Å². The summed E-state index contributed by atoms with van der Waals surface area (Å²) in [7, 11) is -3.55. The lowest BCUT2D eigenvalue weighted by molar-refractivity contribution is 0.344. The third-order valence-electron chi connectivity index (χ3n) is 4.31. The predicted molar refractivity (Wildman–Crippen MR) is 92.3 cm³/mol. The van der Waals surface area contributed by atoms with Gasteiger partial charge in [0.2, 0.25) is 10.0 Å². The molecule has 1 saturated heterocycles. The molecule has 6 nitrogen and oxygen atoms in total. The number of aryl methyl sites for hydroxylation is 2. The molecule has 0 radical (unpaired) electrons. The van der Waals surface area contributed by atoms with E-state index < -0.39 is 10.0 Å². The van der Waals surface area contributed by atoms with Crippen molar-refractivity contribution in [1.82, 2.24) is 14.8 Å². The number of nitrogens with one attached hydrogen (secondary N) is 1. The van der Waals surface area contributed by atoms with Crippen LogP contribution in [0.5, 0.6) is 0 Å². The minimum Gasteiger partial charge on any atom is -0.356 e. The van der Waals surface area contributed by atoms with E-state index in [1.165, 1.54) is 12.8 Å². The Kier molecular flexibility index (Phi) is 5.03. The maximum absolute atomic E-state index is 12.6. The predicted octanol–water partition coefficient (Wildman–Crippen LogP) is 2.33.